The highest BCUT2D eigenvalue weighted by molar-refractivity contribution is 6.05. The number of ether oxygens (including phenoxy) is 1. The molecular formula is C26H30N4O4. The molecule has 1 N–H and O–H groups in total. The van der Waals surface area contributed by atoms with E-state index in [9.17, 15) is 19.6 Å². The summed E-state index contributed by atoms with van der Waals surface area (Å²) in [7, 11) is 0. The summed E-state index contributed by atoms with van der Waals surface area (Å²) in [6.45, 7) is 3.14. The molecule has 1 aromatic carbocycles. The van der Waals surface area contributed by atoms with E-state index in [1.54, 1.807) is 11.0 Å². The number of carbonyl (C=O) groups excluding carboxylic acids is 3. The van der Waals surface area contributed by atoms with Crippen LogP contribution in [0, 0.1) is 22.2 Å². The van der Waals surface area contributed by atoms with Crippen molar-refractivity contribution in [2.75, 3.05) is 19.7 Å². The standard InChI is InChI=1S/C26H30N4O4/c27-15-25-12-26(13-25,14-25)16-29-8-2-1-3-18(29)11-34-19-4-5-20-17(9-19)10-30(24(20)33)21-6-7-22(31)28-23(21)32/h4-5,9,18,21H,1-3,6-8,10-14,16H2,(H,28,31,32)/t18-,21?,25?,26?/m1/s1. The molecule has 3 amide bonds. The van der Waals surface area contributed by atoms with Crippen LogP contribution in [-0.4, -0.2) is 59.3 Å². The molecule has 8 nitrogen and oxygen atoms in total. The van der Waals surface area contributed by atoms with Crippen molar-refractivity contribution in [3.05, 3.63) is 29.3 Å². The SMILES string of the molecule is N#CC12CC(CN3CCCC[C@@H]3COc3ccc4c(c3)CN(C3CCC(=O)NC3=O)C4=O)(C1)C2. The normalized spacial score (nSPS) is 34.6. The number of benzene rings is 1. The van der Waals surface area contributed by atoms with Crippen LogP contribution in [0.25, 0.3) is 0 Å². The van der Waals surface area contributed by atoms with Crippen molar-refractivity contribution >= 4 is 17.7 Å². The Labute approximate surface area is 199 Å². The monoisotopic (exact) mass is 462 g/mol. The maximum absolute atomic E-state index is 12.9. The molecular weight excluding hydrogens is 432 g/mol. The zero-order valence-corrected chi connectivity index (χ0v) is 19.3. The number of likely N-dealkylation sites (tertiary alicyclic amines) is 1. The van der Waals surface area contributed by atoms with Crippen LogP contribution in [0.5, 0.6) is 5.75 Å². The minimum Gasteiger partial charge on any atom is -0.492 e. The minimum absolute atomic E-state index is 0.00858. The van der Waals surface area contributed by atoms with E-state index in [4.69, 9.17) is 4.74 Å². The molecule has 0 aromatic heterocycles. The Morgan fingerprint density at radius 2 is 1.97 bits per heavy atom. The van der Waals surface area contributed by atoms with Crippen molar-refractivity contribution < 1.29 is 19.1 Å². The molecule has 3 aliphatic heterocycles. The van der Waals surface area contributed by atoms with E-state index < -0.39 is 11.9 Å². The van der Waals surface area contributed by atoms with Crippen molar-refractivity contribution in [3.8, 4) is 11.8 Å². The van der Waals surface area contributed by atoms with Gasteiger partial charge in [0.2, 0.25) is 11.8 Å². The largest absolute Gasteiger partial charge is 0.492 e. The average molecular weight is 463 g/mol. The molecule has 2 bridgehead atoms. The number of nitrogens with zero attached hydrogens (tertiary/aromatic N) is 3. The number of imide groups is 1. The van der Waals surface area contributed by atoms with Gasteiger partial charge in [0.1, 0.15) is 18.4 Å². The van der Waals surface area contributed by atoms with Crippen molar-refractivity contribution in [2.45, 2.75) is 70.0 Å². The summed E-state index contributed by atoms with van der Waals surface area (Å²) in [6.07, 6.45) is 7.33. The van der Waals surface area contributed by atoms with Gasteiger partial charge >= 0.3 is 0 Å². The molecule has 3 saturated carbocycles. The zero-order valence-electron chi connectivity index (χ0n) is 19.3. The molecule has 1 unspecified atom stereocenters. The molecule has 1 aromatic rings. The number of nitrogens with one attached hydrogen (secondary N) is 1. The van der Waals surface area contributed by atoms with Crippen molar-refractivity contribution in [1.82, 2.24) is 15.1 Å². The summed E-state index contributed by atoms with van der Waals surface area (Å²) in [5.41, 5.74) is 1.82. The predicted molar refractivity (Wildman–Crippen MR) is 122 cm³/mol. The first-order valence-electron chi connectivity index (χ1n) is 12.5. The topological polar surface area (TPSA) is 103 Å². The molecule has 7 rings (SSSR count). The summed E-state index contributed by atoms with van der Waals surface area (Å²) in [6, 6.07) is 7.83. The molecule has 8 heteroatoms. The van der Waals surface area contributed by atoms with E-state index in [2.05, 4.69) is 16.3 Å². The van der Waals surface area contributed by atoms with Crippen LogP contribution in [0.15, 0.2) is 18.2 Å². The third kappa shape index (κ3) is 3.49. The molecule has 2 atom stereocenters. The van der Waals surface area contributed by atoms with Gasteiger partial charge in [0, 0.05) is 31.1 Å². The van der Waals surface area contributed by atoms with Crippen molar-refractivity contribution in [1.29, 1.82) is 5.26 Å². The first-order valence-corrected chi connectivity index (χ1v) is 12.5. The average Bonchev–Trinajstić information content (AvgIpc) is 3.10. The lowest BCUT2D eigenvalue weighted by atomic mass is 9.35. The number of hydrogen-bond donors (Lipinski definition) is 1. The molecule has 178 valence electrons. The van der Waals surface area contributed by atoms with Gasteiger partial charge in [-0.15, -0.1) is 0 Å². The molecule has 3 heterocycles. The van der Waals surface area contributed by atoms with Crippen LogP contribution < -0.4 is 10.1 Å². The molecule has 6 aliphatic rings. The Balaban J connectivity index is 1.08. The quantitative estimate of drug-likeness (QED) is 0.651. The molecule has 5 fully saturated rings. The second-order valence-corrected chi connectivity index (χ2v) is 11.1. The fraction of sp³-hybridized carbons (Fsp3) is 0.615. The molecule has 34 heavy (non-hydrogen) atoms. The maximum Gasteiger partial charge on any atom is 0.255 e. The summed E-state index contributed by atoms with van der Waals surface area (Å²) in [5, 5.41) is 11.7. The van der Waals surface area contributed by atoms with E-state index in [-0.39, 0.29) is 23.7 Å². The number of amides is 3. The Morgan fingerprint density at radius 3 is 2.74 bits per heavy atom. The van der Waals surface area contributed by atoms with Gasteiger partial charge in [0.25, 0.3) is 5.91 Å². The van der Waals surface area contributed by atoms with Crippen LogP contribution in [0.1, 0.15) is 67.3 Å². The fourth-order valence-electron chi connectivity index (χ4n) is 7.01. The van der Waals surface area contributed by atoms with Crippen LogP contribution in [-0.2, 0) is 16.1 Å². The maximum atomic E-state index is 12.9. The van der Waals surface area contributed by atoms with Gasteiger partial charge in [-0.1, -0.05) is 6.42 Å². The Bertz CT molecular complexity index is 1090. The summed E-state index contributed by atoms with van der Waals surface area (Å²) in [4.78, 5) is 40.8. The highest BCUT2D eigenvalue weighted by Gasteiger charge is 2.68. The van der Waals surface area contributed by atoms with Crippen molar-refractivity contribution in [2.24, 2.45) is 10.8 Å². The molecule has 0 radical (unpaired) electrons. The highest BCUT2D eigenvalue weighted by atomic mass is 16.5. The zero-order chi connectivity index (χ0) is 23.5. The van der Waals surface area contributed by atoms with Crippen LogP contribution in [0.3, 0.4) is 0 Å². The van der Waals surface area contributed by atoms with Gasteiger partial charge in [-0.2, -0.15) is 5.26 Å². The van der Waals surface area contributed by atoms with E-state index >= 15 is 0 Å². The number of piperidine rings is 2. The molecule has 0 spiro atoms. The van der Waals surface area contributed by atoms with E-state index in [0.29, 0.717) is 36.6 Å². The lowest BCUT2D eigenvalue weighted by Gasteiger charge is -2.68. The van der Waals surface area contributed by atoms with E-state index in [1.807, 2.05) is 12.1 Å². The van der Waals surface area contributed by atoms with Gasteiger partial charge in [0.15, 0.2) is 0 Å². The third-order valence-electron chi connectivity index (χ3n) is 8.60. The number of rotatable bonds is 6. The Hall–Kier alpha value is -2.92. The summed E-state index contributed by atoms with van der Waals surface area (Å²) >= 11 is 0. The van der Waals surface area contributed by atoms with E-state index in [1.165, 1.54) is 12.8 Å². The molecule has 3 aliphatic carbocycles. The second-order valence-electron chi connectivity index (χ2n) is 11.1. The fourth-order valence-corrected chi connectivity index (χ4v) is 7.01. The third-order valence-corrected chi connectivity index (χ3v) is 8.60. The lowest BCUT2D eigenvalue weighted by Crippen LogP contribution is -2.66. The number of hydrogen-bond acceptors (Lipinski definition) is 6. The predicted octanol–water partition coefficient (Wildman–Crippen LogP) is 2.37. The number of fused-ring (bicyclic) bond motifs is 1. The van der Waals surface area contributed by atoms with Crippen molar-refractivity contribution in [3.63, 3.8) is 0 Å². The first kappa shape index (κ1) is 21.6. The highest BCUT2D eigenvalue weighted by Crippen LogP contribution is 2.73. The Kier molecular flexibility index (Phi) is 4.96. The number of carbonyl (C=O) groups is 3. The van der Waals surface area contributed by atoms with Gasteiger partial charge < -0.3 is 9.64 Å². The van der Waals surface area contributed by atoms with E-state index in [0.717, 1.165) is 50.1 Å². The van der Waals surface area contributed by atoms with Gasteiger partial charge in [-0.3, -0.25) is 24.6 Å². The summed E-state index contributed by atoms with van der Waals surface area (Å²) in [5.74, 6) is -0.0912. The Morgan fingerprint density at radius 1 is 1.15 bits per heavy atom. The number of nitriles is 1. The second kappa shape index (κ2) is 7.81. The van der Waals surface area contributed by atoms with Crippen LogP contribution >= 0.6 is 0 Å². The lowest BCUT2D eigenvalue weighted by molar-refractivity contribution is -0.182. The minimum atomic E-state index is -0.602. The van der Waals surface area contributed by atoms with Gasteiger partial charge in [-0.25, -0.2) is 0 Å². The summed E-state index contributed by atoms with van der Waals surface area (Å²) < 4.78 is 6.22. The molecule has 2 saturated heterocycles. The van der Waals surface area contributed by atoms with Crippen LogP contribution in [0.2, 0.25) is 0 Å². The smallest absolute Gasteiger partial charge is 0.255 e. The van der Waals surface area contributed by atoms with Gasteiger partial charge in [-0.05, 0) is 74.2 Å². The van der Waals surface area contributed by atoms with Gasteiger partial charge in [0.05, 0.1) is 11.5 Å². The first-order chi connectivity index (χ1) is 16.4. The van der Waals surface area contributed by atoms with Crippen LogP contribution in [0.4, 0.5) is 0 Å².